The van der Waals surface area contributed by atoms with E-state index in [1.165, 1.54) is 0 Å². The molecule has 0 spiro atoms. The van der Waals surface area contributed by atoms with Crippen LogP contribution in [-0.4, -0.2) is 77.5 Å². The molecule has 0 saturated carbocycles. The van der Waals surface area contributed by atoms with Crippen molar-refractivity contribution in [1.82, 2.24) is 0 Å². The van der Waals surface area contributed by atoms with Crippen LogP contribution in [-0.2, 0) is 0 Å². The van der Waals surface area contributed by atoms with E-state index >= 15 is 0 Å². The van der Waals surface area contributed by atoms with Crippen LogP contribution in [0.4, 0.5) is 13.2 Å². The maximum absolute atomic E-state index is 11.1. The average molecular weight is 198 g/mol. The molecule has 0 aliphatic carbocycles. The molecule has 0 atom stereocenters. The van der Waals surface area contributed by atoms with Gasteiger partial charge in [-0.15, -0.1) is 0 Å². The first-order chi connectivity index (χ1) is 4.79. The topological polar surface area (TPSA) is 60.7 Å². The average Bonchev–Trinajstić information content (AvgIpc) is 1.58. The Balaban J connectivity index is 0. The Morgan fingerprint density at radius 1 is 1.18 bits per heavy atom. The van der Waals surface area contributed by atoms with Crippen molar-refractivity contribution in [1.29, 1.82) is 0 Å². The number of halogens is 3. The van der Waals surface area contributed by atoms with E-state index in [2.05, 4.69) is 0 Å². The van der Waals surface area contributed by atoms with E-state index in [1.54, 1.807) is 0 Å². The zero-order chi connectivity index (χ0) is 9.49. The van der Waals surface area contributed by atoms with Crippen LogP contribution in [0.1, 0.15) is 6.42 Å². The molecule has 8 heteroatoms. The summed E-state index contributed by atoms with van der Waals surface area (Å²) in [6.45, 7) is 0. The molecule has 0 aromatic rings. The Morgan fingerprint density at radius 2 is 1.45 bits per heavy atom. The molecule has 0 saturated heterocycles. The molecule has 0 bridgehead atoms. The standard InChI is InChI=1S/C3H4F3.BH3O3.K/c1-2-3(4,5)6;2-1(3)4;/h1-2H2;2-4H;. The smallest absolute Gasteiger partial charge is 0.402 e. The number of hydrogen-bond acceptors (Lipinski definition) is 3. The van der Waals surface area contributed by atoms with Crippen molar-refractivity contribution < 1.29 is 28.2 Å². The minimum Gasteiger partial charge on any atom is -0.402 e. The summed E-state index contributed by atoms with van der Waals surface area (Å²) in [5, 5.41) is 21.5. The SMILES string of the molecule is FC(F)(F)C[CH2][K].OB(O)O. The van der Waals surface area contributed by atoms with Gasteiger partial charge in [-0.25, -0.2) is 0 Å². The molecule has 0 amide bonds. The fraction of sp³-hybridized carbons (Fsp3) is 1.00. The summed E-state index contributed by atoms with van der Waals surface area (Å²) < 4.78 is 33.6. The van der Waals surface area contributed by atoms with Crippen LogP contribution in [0, 0.1) is 0 Å². The van der Waals surface area contributed by atoms with Crippen molar-refractivity contribution in [2.45, 2.75) is 13.1 Å². The van der Waals surface area contributed by atoms with Gasteiger partial charge in [-0.3, -0.25) is 0 Å². The second kappa shape index (κ2) is 7.99. The molecule has 0 radical (unpaired) electrons. The molecule has 0 rings (SSSR count). The van der Waals surface area contributed by atoms with Gasteiger partial charge in [0.05, 0.1) is 0 Å². The third-order valence-electron chi connectivity index (χ3n) is 0.533. The van der Waals surface area contributed by atoms with Gasteiger partial charge in [-0.1, -0.05) is 0 Å². The molecule has 0 fully saturated rings. The van der Waals surface area contributed by atoms with E-state index in [1.807, 2.05) is 0 Å². The minimum atomic E-state index is -3.90. The van der Waals surface area contributed by atoms with E-state index in [-0.39, 0.29) is 0 Å². The second-order valence-electron chi connectivity index (χ2n) is 1.71. The summed E-state index contributed by atoms with van der Waals surface area (Å²) in [5.74, 6) is 0. The second-order valence-corrected chi connectivity index (χ2v) is 3.27. The largest absolute Gasteiger partial charge is 0.631 e. The van der Waals surface area contributed by atoms with Gasteiger partial charge in [0.15, 0.2) is 0 Å². The van der Waals surface area contributed by atoms with Crippen molar-refractivity contribution in [3.05, 3.63) is 0 Å². The first kappa shape index (κ1) is 14.9. The molecular weight excluding hydrogens is 191 g/mol. The quantitative estimate of drug-likeness (QED) is 0.496. The van der Waals surface area contributed by atoms with E-state index in [0.717, 1.165) is 0 Å². The van der Waals surface area contributed by atoms with Gasteiger partial charge in [0.1, 0.15) is 0 Å². The molecule has 0 unspecified atom stereocenters. The maximum atomic E-state index is 11.1. The summed E-state index contributed by atoms with van der Waals surface area (Å²) in [7, 11) is -2.17. The molecule has 0 aromatic carbocycles. The molecule has 11 heavy (non-hydrogen) atoms. The third-order valence-corrected chi connectivity index (χ3v) is 1.31. The Kier molecular flexibility index (Phi) is 10.8. The van der Waals surface area contributed by atoms with E-state index in [9.17, 15) is 13.2 Å². The molecule has 3 N–H and O–H groups in total. The zero-order valence-electron chi connectivity index (χ0n) is 5.97. The Bertz CT molecular complexity index is 85.6. The van der Waals surface area contributed by atoms with Crippen molar-refractivity contribution >= 4 is 56.3 Å². The van der Waals surface area contributed by atoms with E-state index in [4.69, 9.17) is 15.1 Å². The first-order valence-corrected chi connectivity index (χ1v) is 5.11. The molecule has 0 heterocycles. The van der Waals surface area contributed by atoms with Gasteiger partial charge < -0.3 is 15.1 Å². The van der Waals surface area contributed by atoms with Crippen molar-refractivity contribution in [3.8, 4) is 0 Å². The molecule has 3 nitrogen and oxygen atoms in total. The van der Waals surface area contributed by atoms with Gasteiger partial charge in [-0.2, -0.15) is 0 Å². The predicted octanol–water partition coefficient (Wildman–Crippen LogP) is -0.526. The van der Waals surface area contributed by atoms with Crippen LogP contribution in [0.15, 0.2) is 0 Å². The summed E-state index contributed by atoms with van der Waals surface area (Å²) in [6.07, 6.45) is -4.48. The Labute approximate surface area is 96.4 Å². The zero-order valence-corrected chi connectivity index (χ0v) is 9.09. The summed E-state index contributed by atoms with van der Waals surface area (Å²) in [6, 6.07) is 0. The van der Waals surface area contributed by atoms with Crippen LogP contribution in [0.25, 0.3) is 0 Å². The van der Waals surface area contributed by atoms with Gasteiger partial charge in [-0.05, 0) is 0 Å². The molecule has 0 aliphatic rings. The van der Waals surface area contributed by atoms with Crippen molar-refractivity contribution in [3.63, 3.8) is 0 Å². The van der Waals surface area contributed by atoms with Crippen LogP contribution in [0.3, 0.4) is 0 Å². The first-order valence-electron chi connectivity index (χ1n) is 2.90. The van der Waals surface area contributed by atoms with Crippen molar-refractivity contribution in [2.75, 3.05) is 0 Å². The summed E-state index contributed by atoms with van der Waals surface area (Å²) in [5.41, 5.74) is 0. The van der Waals surface area contributed by atoms with Crippen LogP contribution in [0.2, 0.25) is 0.515 Å². The molecule has 0 aromatic heterocycles. The molecule has 62 valence electrons. The maximum Gasteiger partial charge on any atom is 0.631 e. The predicted molar refractivity (Wildman–Crippen MR) is 33.6 cm³/mol. The third kappa shape index (κ3) is 34.6. The summed E-state index contributed by atoms with van der Waals surface area (Å²) in [4.78, 5) is 0. The van der Waals surface area contributed by atoms with Crippen molar-refractivity contribution in [2.24, 2.45) is 0 Å². The van der Waals surface area contributed by atoms with Crippen LogP contribution in [0.5, 0.6) is 0 Å². The number of hydrogen-bond donors (Lipinski definition) is 3. The van der Waals surface area contributed by atoms with Gasteiger partial charge in [0, 0.05) is 0 Å². The fourth-order valence-corrected chi connectivity index (χ4v) is 1.17. The van der Waals surface area contributed by atoms with Crippen LogP contribution < -0.4 is 0 Å². The van der Waals surface area contributed by atoms with Gasteiger partial charge in [0.2, 0.25) is 0 Å². The van der Waals surface area contributed by atoms with E-state index < -0.39 is 19.9 Å². The molecular formula is C3H7BF3KO3. The normalized spacial score (nSPS) is 10.2. The Morgan fingerprint density at radius 3 is 1.45 bits per heavy atom. The fourth-order valence-electron chi connectivity index (χ4n) is 0.283. The van der Waals surface area contributed by atoms with E-state index in [0.29, 0.717) is 49.5 Å². The monoisotopic (exact) mass is 198 g/mol. The van der Waals surface area contributed by atoms with Crippen LogP contribution >= 0.6 is 0 Å². The minimum absolute atomic E-state index is 0.350. The molecule has 0 aliphatic heterocycles. The Hall–Kier alpha value is 1.37. The number of alkyl halides is 3. The summed E-state index contributed by atoms with van der Waals surface area (Å²) >= 11 is 0.350. The van der Waals surface area contributed by atoms with Gasteiger partial charge in [0.25, 0.3) is 0 Å². The van der Waals surface area contributed by atoms with Gasteiger partial charge >= 0.3 is 82.6 Å². The number of rotatable bonds is 1.